The van der Waals surface area contributed by atoms with E-state index in [9.17, 15) is 4.79 Å². The van der Waals surface area contributed by atoms with Crippen molar-refractivity contribution in [3.8, 4) is 17.0 Å². The molecule has 1 aromatic heterocycles. The monoisotopic (exact) mass is 440 g/mol. The number of rotatable bonds is 7. The van der Waals surface area contributed by atoms with Crippen molar-refractivity contribution < 1.29 is 14.3 Å². The predicted molar refractivity (Wildman–Crippen MR) is 121 cm³/mol. The van der Waals surface area contributed by atoms with Crippen LogP contribution in [0.2, 0.25) is 5.02 Å². The highest BCUT2D eigenvalue weighted by Gasteiger charge is 2.15. The summed E-state index contributed by atoms with van der Waals surface area (Å²) in [6.45, 7) is 4.79. The third-order valence-electron chi connectivity index (χ3n) is 5.21. The Balaban J connectivity index is 1.51. The van der Waals surface area contributed by atoms with Crippen molar-refractivity contribution >= 4 is 23.2 Å². The SMILES string of the molecule is Cn1nccc1-c1cc(NC(=O)c2ccc(Cl)cc2)ccc1OCCN1CCOCC1. The number of anilines is 1. The number of nitrogens with zero attached hydrogens (tertiary/aromatic N) is 3. The first kappa shape index (κ1) is 21.4. The van der Waals surface area contributed by atoms with Crippen molar-refractivity contribution in [3.05, 3.63) is 65.3 Å². The van der Waals surface area contributed by atoms with Crippen LogP contribution >= 0.6 is 11.6 Å². The first-order valence-corrected chi connectivity index (χ1v) is 10.6. The third-order valence-corrected chi connectivity index (χ3v) is 5.46. The van der Waals surface area contributed by atoms with E-state index in [0.29, 0.717) is 22.9 Å². The van der Waals surface area contributed by atoms with Crippen LogP contribution in [0.15, 0.2) is 54.7 Å². The molecule has 0 radical (unpaired) electrons. The highest BCUT2D eigenvalue weighted by molar-refractivity contribution is 6.30. The molecule has 1 fully saturated rings. The van der Waals surface area contributed by atoms with Gasteiger partial charge in [0.2, 0.25) is 0 Å². The summed E-state index contributed by atoms with van der Waals surface area (Å²) in [5.41, 5.74) is 2.99. The highest BCUT2D eigenvalue weighted by Crippen LogP contribution is 2.32. The molecule has 7 nitrogen and oxygen atoms in total. The molecule has 31 heavy (non-hydrogen) atoms. The van der Waals surface area contributed by atoms with Gasteiger partial charge < -0.3 is 14.8 Å². The predicted octanol–water partition coefficient (Wildman–Crippen LogP) is 3.70. The molecule has 1 aliphatic heterocycles. The van der Waals surface area contributed by atoms with E-state index in [1.54, 1.807) is 35.1 Å². The van der Waals surface area contributed by atoms with Crippen LogP contribution in [0.3, 0.4) is 0 Å². The van der Waals surface area contributed by atoms with Crippen molar-refractivity contribution in [2.45, 2.75) is 0 Å². The summed E-state index contributed by atoms with van der Waals surface area (Å²) in [4.78, 5) is 14.9. The van der Waals surface area contributed by atoms with Gasteiger partial charge in [0, 0.05) is 54.7 Å². The maximum atomic E-state index is 12.6. The second-order valence-electron chi connectivity index (χ2n) is 7.31. The molecule has 2 aromatic carbocycles. The molecule has 0 saturated carbocycles. The summed E-state index contributed by atoms with van der Waals surface area (Å²) >= 11 is 5.91. The molecule has 1 N–H and O–H groups in total. The van der Waals surface area contributed by atoms with Gasteiger partial charge in [-0.15, -0.1) is 0 Å². The van der Waals surface area contributed by atoms with Crippen LogP contribution in [-0.4, -0.2) is 60.0 Å². The summed E-state index contributed by atoms with van der Waals surface area (Å²) in [5.74, 6) is 0.551. The lowest BCUT2D eigenvalue weighted by molar-refractivity contribution is 0.0323. The van der Waals surface area contributed by atoms with Crippen molar-refractivity contribution in [1.82, 2.24) is 14.7 Å². The number of carbonyl (C=O) groups is 1. The number of carbonyl (C=O) groups excluding carboxylic acids is 1. The van der Waals surface area contributed by atoms with Crippen molar-refractivity contribution in [2.75, 3.05) is 44.8 Å². The highest BCUT2D eigenvalue weighted by atomic mass is 35.5. The summed E-state index contributed by atoms with van der Waals surface area (Å²) in [6.07, 6.45) is 1.74. The fourth-order valence-corrected chi connectivity index (χ4v) is 3.61. The summed E-state index contributed by atoms with van der Waals surface area (Å²) < 4.78 is 13.3. The van der Waals surface area contributed by atoms with Crippen molar-refractivity contribution in [1.29, 1.82) is 0 Å². The number of ether oxygens (including phenoxy) is 2. The van der Waals surface area contributed by atoms with Gasteiger partial charge in [0.25, 0.3) is 5.91 Å². The third kappa shape index (κ3) is 5.44. The smallest absolute Gasteiger partial charge is 0.255 e. The van der Waals surface area contributed by atoms with Crippen LogP contribution < -0.4 is 10.1 Å². The zero-order valence-corrected chi connectivity index (χ0v) is 18.1. The minimum atomic E-state index is -0.200. The number of morpholine rings is 1. The lowest BCUT2D eigenvalue weighted by Crippen LogP contribution is -2.38. The average Bonchev–Trinajstić information content (AvgIpc) is 3.21. The Bertz CT molecular complexity index is 1030. The van der Waals surface area contributed by atoms with Crippen LogP contribution in [0, 0.1) is 0 Å². The lowest BCUT2D eigenvalue weighted by atomic mass is 10.1. The van der Waals surface area contributed by atoms with Gasteiger partial charge in [0.15, 0.2) is 0 Å². The van der Waals surface area contributed by atoms with Gasteiger partial charge >= 0.3 is 0 Å². The van der Waals surface area contributed by atoms with Gasteiger partial charge in [-0.2, -0.15) is 5.10 Å². The molecule has 2 heterocycles. The number of hydrogen-bond acceptors (Lipinski definition) is 5. The van der Waals surface area contributed by atoms with Gasteiger partial charge in [-0.3, -0.25) is 14.4 Å². The second-order valence-corrected chi connectivity index (χ2v) is 7.75. The Morgan fingerprint density at radius 2 is 1.94 bits per heavy atom. The number of nitrogens with one attached hydrogen (secondary N) is 1. The van der Waals surface area contributed by atoms with E-state index in [0.717, 1.165) is 49.9 Å². The number of aryl methyl sites for hydroxylation is 1. The molecule has 0 bridgehead atoms. The maximum Gasteiger partial charge on any atom is 0.255 e. The molecular formula is C23H25ClN4O3. The standard InChI is InChI=1S/C23H25ClN4O3/c1-27-21(8-9-25-27)20-16-19(26-23(29)17-2-4-18(24)5-3-17)6-7-22(20)31-15-12-28-10-13-30-14-11-28/h2-9,16H,10-15H2,1H3,(H,26,29). The van der Waals surface area contributed by atoms with Gasteiger partial charge in [-0.25, -0.2) is 0 Å². The van der Waals surface area contributed by atoms with Gasteiger partial charge in [0.05, 0.1) is 18.9 Å². The molecule has 8 heteroatoms. The van der Waals surface area contributed by atoms with Gasteiger partial charge in [-0.05, 0) is 48.5 Å². The van der Waals surface area contributed by atoms with Crippen LogP contribution in [0.5, 0.6) is 5.75 Å². The van der Waals surface area contributed by atoms with E-state index in [-0.39, 0.29) is 5.91 Å². The van der Waals surface area contributed by atoms with E-state index in [4.69, 9.17) is 21.1 Å². The van der Waals surface area contributed by atoms with Crippen LogP contribution in [0.4, 0.5) is 5.69 Å². The first-order chi connectivity index (χ1) is 15.1. The molecule has 0 aliphatic carbocycles. The number of hydrogen-bond donors (Lipinski definition) is 1. The van der Waals surface area contributed by atoms with Gasteiger partial charge in [-0.1, -0.05) is 11.6 Å². The zero-order valence-electron chi connectivity index (χ0n) is 17.4. The molecule has 1 aliphatic rings. The largest absolute Gasteiger partial charge is 0.492 e. The van der Waals surface area contributed by atoms with Crippen LogP contribution in [0.25, 0.3) is 11.3 Å². The topological polar surface area (TPSA) is 68.6 Å². The Labute approximate surface area is 186 Å². The average molecular weight is 441 g/mol. The minimum absolute atomic E-state index is 0.200. The Kier molecular flexibility index (Phi) is 6.86. The lowest BCUT2D eigenvalue weighted by Gasteiger charge is -2.26. The Morgan fingerprint density at radius 1 is 1.16 bits per heavy atom. The molecule has 0 atom stereocenters. The second kappa shape index (κ2) is 9.96. The summed E-state index contributed by atoms with van der Waals surface area (Å²) in [5, 5.41) is 7.81. The summed E-state index contributed by atoms with van der Waals surface area (Å²) in [6, 6.07) is 14.4. The molecule has 3 aromatic rings. The first-order valence-electron chi connectivity index (χ1n) is 10.2. The number of amides is 1. The fourth-order valence-electron chi connectivity index (χ4n) is 3.49. The summed E-state index contributed by atoms with van der Waals surface area (Å²) in [7, 11) is 1.88. The number of benzene rings is 2. The molecule has 162 valence electrons. The number of aromatic nitrogens is 2. The Hall–Kier alpha value is -2.87. The van der Waals surface area contributed by atoms with Crippen molar-refractivity contribution in [2.24, 2.45) is 7.05 Å². The van der Waals surface area contributed by atoms with Crippen LogP contribution in [0.1, 0.15) is 10.4 Å². The Morgan fingerprint density at radius 3 is 2.65 bits per heavy atom. The molecule has 4 rings (SSSR count). The zero-order chi connectivity index (χ0) is 21.6. The number of halogens is 1. The van der Waals surface area contributed by atoms with Crippen molar-refractivity contribution in [3.63, 3.8) is 0 Å². The molecular weight excluding hydrogens is 416 g/mol. The van der Waals surface area contributed by atoms with Crippen LogP contribution in [-0.2, 0) is 11.8 Å². The normalized spacial score (nSPS) is 14.4. The van der Waals surface area contributed by atoms with E-state index in [1.807, 2.05) is 31.3 Å². The molecule has 1 saturated heterocycles. The minimum Gasteiger partial charge on any atom is -0.492 e. The molecule has 0 unspecified atom stereocenters. The fraction of sp³-hybridized carbons (Fsp3) is 0.304. The molecule has 1 amide bonds. The maximum absolute atomic E-state index is 12.6. The van der Waals surface area contributed by atoms with E-state index in [2.05, 4.69) is 15.3 Å². The quantitative estimate of drug-likeness (QED) is 0.606. The van der Waals surface area contributed by atoms with Gasteiger partial charge in [0.1, 0.15) is 12.4 Å². The van der Waals surface area contributed by atoms with E-state index < -0.39 is 0 Å². The van der Waals surface area contributed by atoms with E-state index >= 15 is 0 Å². The van der Waals surface area contributed by atoms with E-state index in [1.165, 1.54) is 0 Å². The molecule has 0 spiro atoms.